The number of fused-ring (bicyclic) bond motifs is 1. The summed E-state index contributed by atoms with van der Waals surface area (Å²) in [6, 6.07) is 7.27. The second-order valence-corrected chi connectivity index (χ2v) is 5.88. The third-order valence-corrected chi connectivity index (χ3v) is 4.45. The molecule has 0 bridgehead atoms. The molecule has 122 valence electrons. The van der Waals surface area contributed by atoms with E-state index in [9.17, 15) is 14.7 Å². The van der Waals surface area contributed by atoms with Gasteiger partial charge in [-0.15, -0.1) is 0 Å². The molecule has 0 spiro atoms. The van der Waals surface area contributed by atoms with Crippen LogP contribution in [0.25, 0.3) is 10.9 Å². The molecule has 2 aromatic rings. The number of aromatic amines is 1. The fraction of sp³-hybridized carbons (Fsp3) is 0.412. The van der Waals surface area contributed by atoms with Crippen LogP contribution in [0.5, 0.6) is 0 Å². The number of H-pyrrole nitrogens is 1. The molecule has 3 rings (SSSR count). The Balaban J connectivity index is 1.64. The zero-order valence-corrected chi connectivity index (χ0v) is 12.7. The minimum atomic E-state index is -0.863. The van der Waals surface area contributed by atoms with Crippen LogP contribution in [-0.4, -0.2) is 41.7 Å². The lowest BCUT2D eigenvalue weighted by molar-refractivity contribution is -0.144. The van der Waals surface area contributed by atoms with E-state index in [2.05, 4.69) is 10.3 Å². The first-order chi connectivity index (χ1) is 11.1. The highest BCUT2D eigenvalue weighted by molar-refractivity contribution is 5.98. The molecule has 3 N–H and O–H groups in total. The van der Waals surface area contributed by atoms with Crippen LogP contribution in [0.4, 0.5) is 0 Å². The Labute approximate surface area is 133 Å². The van der Waals surface area contributed by atoms with Crippen molar-refractivity contribution in [3.63, 3.8) is 0 Å². The van der Waals surface area contributed by atoms with Crippen molar-refractivity contribution in [3.05, 3.63) is 36.0 Å². The summed E-state index contributed by atoms with van der Waals surface area (Å²) < 4.78 is 5.27. The first kappa shape index (κ1) is 15.6. The number of ether oxygens (including phenoxy) is 1. The molecule has 23 heavy (non-hydrogen) atoms. The van der Waals surface area contributed by atoms with E-state index >= 15 is 0 Å². The van der Waals surface area contributed by atoms with Gasteiger partial charge in [0.25, 0.3) is 5.91 Å². The summed E-state index contributed by atoms with van der Waals surface area (Å²) in [5.41, 5.74) is 1.50. The zero-order chi connectivity index (χ0) is 16.2. The molecular formula is C17H20N2O4. The van der Waals surface area contributed by atoms with Gasteiger partial charge in [0.05, 0.1) is 5.92 Å². The summed E-state index contributed by atoms with van der Waals surface area (Å²) in [6.45, 7) is 1.32. The van der Waals surface area contributed by atoms with Gasteiger partial charge in [-0.2, -0.15) is 0 Å². The fourth-order valence-electron chi connectivity index (χ4n) is 3.07. The number of aliphatic carboxylic acids is 1. The Hall–Kier alpha value is -2.34. The zero-order valence-electron chi connectivity index (χ0n) is 12.7. The molecule has 6 heteroatoms. The van der Waals surface area contributed by atoms with Gasteiger partial charge in [0, 0.05) is 42.4 Å². The van der Waals surface area contributed by atoms with E-state index in [1.165, 1.54) is 0 Å². The number of carbonyl (C=O) groups is 2. The molecule has 1 amide bonds. The smallest absolute Gasteiger partial charge is 0.308 e. The fourth-order valence-corrected chi connectivity index (χ4v) is 3.07. The highest BCUT2D eigenvalue weighted by Crippen LogP contribution is 2.24. The summed E-state index contributed by atoms with van der Waals surface area (Å²) in [6.07, 6.45) is 3.27. The molecule has 0 radical (unpaired) electrons. The highest BCUT2D eigenvalue weighted by Gasteiger charge is 2.30. The Morgan fingerprint density at radius 3 is 2.83 bits per heavy atom. The highest BCUT2D eigenvalue weighted by atomic mass is 16.5. The topological polar surface area (TPSA) is 91.4 Å². The minimum Gasteiger partial charge on any atom is -0.481 e. The van der Waals surface area contributed by atoms with Gasteiger partial charge in [-0.1, -0.05) is 0 Å². The number of benzene rings is 1. The molecule has 6 nitrogen and oxygen atoms in total. The molecule has 1 aliphatic rings. The molecule has 1 aromatic heterocycles. The lowest BCUT2D eigenvalue weighted by Crippen LogP contribution is -2.38. The second-order valence-electron chi connectivity index (χ2n) is 5.88. The number of nitrogens with one attached hydrogen (secondary N) is 2. The molecule has 2 heterocycles. The standard InChI is InChI=1S/C17H20N2O4/c20-16(13-1-2-15-12(9-13)3-6-18-15)19-10-14(17(21)22)11-4-7-23-8-5-11/h1-3,6,9,11,14,18H,4-5,7-8,10H2,(H,19,20)(H,21,22). The van der Waals surface area contributed by atoms with Crippen molar-refractivity contribution in [2.75, 3.05) is 19.8 Å². The molecule has 1 atom stereocenters. The van der Waals surface area contributed by atoms with E-state index in [-0.39, 0.29) is 18.4 Å². The Morgan fingerprint density at radius 2 is 2.09 bits per heavy atom. The average molecular weight is 316 g/mol. The second kappa shape index (κ2) is 6.83. The number of carboxylic acid groups (broad SMARTS) is 1. The number of amides is 1. The minimum absolute atomic E-state index is 0.0497. The van der Waals surface area contributed by atoms with Crippen LogP contribution < -0.4 is 5.32 Å². The van der Waals surface area contributed by atoms with Crippen molar-refractivity contribution in [1.29, 1.82) is 0 Å². The monoisotopic (exact) mass is 316 g/mol. The molecule has 0 aliphatic carbocycles. The number of carboxylic acids is 1. The molecule has 1 fully saturated rings. The maximum absolute atomic E-state index is 12.3. The molecule has 0 saturated carbocycles. The van der Waals surface area contributed by atoms with Crippen LogP contribution >= 0.6 is 0 Å². The Kier molecular flexibility index (Phi) is 4.62. The first-order valence-corrected chi connectivity index (χ1v) is 7.81. The van der Waals surface area contributed by atoms with Crippen LogP contribution in [0.15, 0.2) is 30.5 Å². The van der Waals surface area contributed by atoms with Crippen molar-refractivity contribution in [1.82, 2.24) is 10.3 Å². The molecular weight excluding hydrogens is 296 g/mol. The molecule has 1 aromatic carbocycles. The SMILES string of the molecule is O=C(NCC(C(=O)O)C1CCOCC1)c1ccc2[nH]ccc2c1. The summed E-state index contributed by atoms with van der Waals surface area (Å²) in [7, 11) is 0. The summed E-state index contributed by atoms with van der Waals surface area (Å²) >= 11 is 0. The lowest BCUT2D eigenvalue weighted by atomic mass is 9.86. The Bertz CT molecular complexity index is 703. The van der Waals surface area contributed by atoms with E-state index in [0.717, 1.165) is 23.7 Å². The van der Waals surface area contributed by atoms with Crippen LogP contribution in [0.1, 0.15) is 23.2 Å². The number of hydrogen-bond donors (Lipinski definition) is 3. The number of carbonyl (C=O) groups excluding carboxylic acids is 1. The van der Waals surface area contributed by atoms with Crippen LogP contribution in [-0.2, 0) is 9.53 Å². The van der Waals surface area contributed by atoms with E-state index < -0.39 is 11.9 Å². The van der Waals surface area contributed by atoms with Crippen molar-refractivity contribution in [2.45, 2.75) is 12.8 Å². The van der Waals surface area contributed by atoms with Crippen LogP contribution in [0.3, 0.4) is 0 Å². The number of hydrogen-bond acceptors (Lipinski definition) is 3. The first-order valence-electron chi connectivity index (χ1n) is 7.81. The normalized spacial score (nSPS) is 17.0. The predicted molar refractivity (Wildman–Crippen MR) is 85.3 cm³/mol. The maximum atomic E-state index is 12.3. The third-order valence-electron chi connectivity index (χ3n) is 4.45. The van der Waals surface area contributed by atoms with Crippen molar-refractivity contribution >= 4 is 22.8 Å². The van der Waals surface area contributed by atoms with E-state index in [1.54, 1.807) is 12.1 Å². The predicted octanol–water partition coefficient (Wildman–Crippen LogP) is 2.03. The van der Waals surface area contributed by atoms with Gasteiger partial charge in [-0.05, 0) is 43.0 Å². The lowest BCUT2D eigenvalue weighted by Gasteiger charge is -2.27. The van der Waals surface area contributed by atoms with Gasteiger partial charge < -0.3 is 20.1 Å². The Morgan fingerprint density at radius 1 is 1.30 bits per heavy atom. The van der Waals surface area contributed by atoms with Gasteiger partial charge in [-0.25, -0.2) is 0 Å². The molecule has 1 saturated heterocycles. The van der Waals surface area contributed by atoms with E-state index in [1.807, 2.05) is 18.3 Å². The van der Waals surface area contributed by atoms with Crippen LogP contribution in [0.2, 0.25) is 0 Å². The van der Waals surface area contributed by atoms with Crippen molar-refractivity contribution in [2.24, 2.45) is 11.8 Å². The summed E-state index contributed by atoms with van der Waals surface area (Å²) in [5.74, 6) is -1.63. The maximum Gasteiger partial charge on any atom is 0.308 e. The van der Waals surface area contributed by atoms with Crippen molar-refractivity contribution in [3.8, 4) is 0 Å². The quantitative estimate of drug-likeness (QED) is 0.787. The van der Waals surface area contributed by atoms with Gasteiger partial charge in [-0.3, -0.25) is 9.59 Å². The average Bonchev–Trinajstić information content (AvgIpc) is 3.03. The van der Waals surface area contributed by atoms with Gasteiger partial charge in [0.1, 0.15) is 0 Å². The van der Waals surface area contributed by atoms with E-state index in [0.29, 0.717) is 18.8 Å². The molecule has 1 unspecified atom stereocenters. The number of aromatic nitrogens is 1. The van der Waals surface area contributed by atoms with Gasteiger partial charge in [0.15, 0.2) is 0 Å². The summed E-state index contributed by atoms with van der Waals surface area (Å²) in [5, 5.41) is 13.1. The summed E-state index contributed by atoms with van der Waals surface area (Å²) in [4.78, 5) is 26.8. The van der Waals surface area contributed by atoms with E-state index in [4.69, 9.17) is 4.74 Å². The van der Waals surface area contributed by atoms with Gasteiger partial charge in [0.2, 0.25) is 0 Å². The largest absolute Gasteiger partial charge is 0.481 e. The van der Waals surface area contributed by atoms with Crippen LogP contribution in [0, 0.1) is 11.8 Å². The van der Waals surface area contributed by atoms with Crippen molar-refractivity contribution < 1.29 is 19.4 Å². The van der Waals surface area contributed by atoms with Gasteiger partial charge >= 0.3 is 5.97 Å². The number of rotatable bonds is 5. The third kappa shape index (κ3) is 3.53. The molecule has 1 aliphatic heterocycles.